The van der Waals surface area contributed by atoms with Gasteiger partial charge in [-0.15, -0.1) is 0 Å². The number of pyridine rings is 2. The fourth-order valence-electron chi connectivity index (χ4n) is 4.75. The summed E-state index contributed by atoms with van der Waals surface area (Å²) in [5.41, 5.74) is 3.89. The highest BCUT2D eigenvalue weighted by atomic mass is 35.5. The van der Waals surface area contributed by atoms with Crippen molar-refractivity contribution in [3.05, 3.63) is 64.8 Å². The molecule has 1 N–H and O–H groups in total. The first-order valence-electron chi connectivity index (χ1n) is 11.0. The van der Waals surface area contributed by atoms with E-state index in [2.05, 4.69) is 30.2 Å². The zero-order valence-corrected chi connectivity index (χ0v) is 19.6. The van der Waals surface area contributed by atoms with Gasteiger partial charge in [0.15, 0.2) is 0 Å². The Morgan fingerprint density at radius 3 is 2.74 bits per heavy atom. The number of hydrogen-bond acceptors (Lipinski definition) is 7. The summed E-state index contributed by atoms with van der Waals surface area (Å²) in [4.78, 5) is 20.7. The maximum Gasteiger partial charge on any atom is 0.222 e. The summed E-state index contributed by atoms with van der Waals surface area (Å²) in [6.07, 6.45) is 3.52. The van der Waals surface area contributed by atoms with Crippen LogP contribution in [-0.2, 0) is 4.79 Å². The van der Waals surface area contributed by atoms with Gasteiger partial charge >= 0.3 is 0 Å². The smallest absolute Gasteiger partial charge is 0.222 e. The summed E-state index contributed by atoms with van der Waals surface area (Å²) in [5, 5.41) is 10.6. The molecule has 1 aromatic carbocycles. The van der Waals surface area contributed by atoms with Gasteiger partial charge < -0.3 is 5.32 Å². The van der Waals surface area contributed by atoms with Crippen LogP contribution in [-0.4, -0.2) is 44.2 Å². The predicted octanol–water partition coefficient (Wildman–Crippen LogP) is 5.28. The van der Waals surface area contributed by atoms with E-state index in [1.807, 2.05) is 24.1 Å². The largest absolute Gasteiger partial charge is 0.311 e. The van der Waals surface area contributed by atoms with Crippen LogP contribution in [0.25, 0.3) is 22.2 Å². The van der Waals surface area contributed by atoms with E-state index in [4.69, 9.17) is 11.6 Å². The van der Waals surface area contributed by atoms with E-state index < -0.39 is 12.1 Å². The zero-order valence-electron chi connectivity index (χ0n) is 18.9. The Morgan fingerprint density at radius 2 is 1.97 bits per heavy atom. The van der Waals surface area contributed by atoms with Crippen LogP contribution in [0, 0.1) is 5.95 Å². The number of likely N-dealkylation sites (N-methyl/N-ethyl adjacent to an activating group) is 1. The number of benzene rings is 1. The molecule has 180 valence electrons. The monoisotopic (exact) mass is 498 g/mol. The number of alkyl halides is 1. The van der Waals surface area contributed by atoms with Gasteiger partial charge in [-0.3, -0.25) is 9.69 Å². The Kier molecular flexibility index (Phi) is 6.16. The van der Waals surface area contributed by atoms with Crippen molar-refractivity contribution < 1.29 is 18.2 Å². The van der Waals surface area contributed by atoms with Crippen LogP contribution in [0.4, 0.5) is 14.6 Å². The highest BCUT2D eigenvalue weighted by molar-refractivity contribution is 6.33. The molecule has 0 saturated carbocycles. The van der Waals surface area contributed by atoms with E-state index in [-0.39, 0.29) is 23.6 Å². The Labute approximate surface area is 204 Å². The molecule has 5 heterocycles. The lowest BCUT2D eigenvalue weighted by Gasteiger charge is -2.35. The molecule has 2 aliphatic heterocycles. The molecule has 2 bridgehead atoms. The van der Waals surface area contributed by atoms with Gasteiger partial charge in [0.25, 0.3) is 0 Å². The number of hydrogen-bond donors (Lipinski definition) is 1. The summed E-state index contributed by atoms with van der Waals surface area (Å²) < 4.78 is 32.2. The van der Waals surface area contributed by atoms with Gasteiger partial charge in [0.2, 0.25) is 11.9 Å². The zero-order chi connectivity index (χ0) is 24.7. The first kappa shape index (κ1) is 23.3. The van der Waals surface area contributed by atoms with E-state index in [0.717, 1.165) is 29.5 Å². The number of rotatable bonds is 2. The van der Waals surface area contributed by atoms with E-state index >= 15 is 0 Å². The highest BCUT2D eigenvalue weighted by Gasteiger charge is 2.45. The molecule has 0 aliphatic carbocycles. The number of amides is 1. The Morgan fingerprint density at radius 1 is 1.17 bits per heavy atom. The SMILES string of the molecule is CC(=O)Nc1cc(Cl)c(-c2ccc3nonc3c2)cn1.CN1[C@@H]2CC[C@H]1c1ccnc(F)c1C2F. The third kappa shape index (κ3) is 4.35. The normalized spacial score (nSPS) is 20.8. The molecule has 4 aromatic rings. The Balaban J connectivity index is 0.000000151. The lowest BCUT2D eigenvalue weighted by Crippen LogP contribution is -2.36. The highest BCUT2D eigenvalue weighted by Crippen LogP contribution is 2.49. The van der Waals surface area contributed by atoms with Crippen LogP contribution < -0.4 is 5.32 Å². The molecule has 1 unspecified atom stereocenters. The van der Waals surface area contributed by atoms with Crippen LogP contribution in [0.5, 0.6) is 0 Å². The molecule has 35 heavy (non-hydrogen) atoms. The van der Waals surface area contributed by atoms with Crippen molar-refractivity contribution in [2.75, 3.05) is 12.4 Å². The van der Waals surface area contributed by atoms with Crippen molar-refractivity contribution in [3.8, 4) is 11.1 Å². The molecule has 6 rings (SSSR count). The van der Waals surface area contributed by atoms with Crippen molar-refractivity contribution in [2.45, 2.75) is 38.0 Å². The van der Waals surface area contributed by atoms with Gasteiger partial charge in [-0.2, -0.15) is 4.39 Å². The van der Waals surface area contributed by atoms with Gasteiger partial charge in [0.05, 0.1) is 5.02 Å². The lowest BCUT2D eigenvalue weighted by molar-refractivity contribution is -0.114. The summed E-state index contributed by atoms with van der Waals surface area (Å²) >= 11 is 6.22. The number of fused-ring (bicyclic) bond motifs is 5. The number of nitrogens with one attached hydrogen (secondary N) is 1. The molecule has 8 nitrogen and oxygen atoms in total. The second kappa shape index (κ2) is 9.27. The number of aromatic nitrogens is 4. The number of carbonyl (C=O) groups is 1. The summed E-state index contributed by atoms with van der Waals surface area (Å²) in [7, 11) is 1.91. The molecule has 0 spiro atoms. The average Bonchev–Trinajstić information content (AvgIpc) is 3.40. The van der Waals surface area contributed by atoms with Crippen molar-refractivity contribution in [3.63, 3.8) is 0 Å². The number of anilines is 1. The first-order chi connectivity index (χ1) is 16.8. The summed E-state index contributed by atoms with van der Waals surface area (Å²) in [6.45, 7) is 1.41. The topological polar surface area (TPSA) is 97.0 Å². The van der Waals surface area contributed by atoms with Crippen LogP contribution in [0.3, 0.4) is 0 Å². The van der Waals surface area contributed by atoms with E-state index in [1.54, 1.807) is 24.4 Å². The molecule has 1 saturated heterocycles. The second-order valence-electron chi connectivity index (χ2n) is 8.53. The summed E-state index contributed by atoms with van der Waals surface area (Å²) in [5.74, 6) is -0.420. The van der Waals surface area contributed by atoms with Crippen molar-refractivity contribution in [1.82, 2.24) is 25.2 Å². The molecular formula is C24H21ClF2N6O2. The maximum atomic E-state index is 14.1. The molecule has 1 amide bonds. The Hall–Kier alpha value is -3.50. The van der Waals surface area contributed by atoms with Gasteiger partial charge in [-0.25, -0.2) is 19.0 Å². The van der Waals surface area contributed by atoms with E-state index in [9.17, 15) is 13.6 Å². The van der Waals surface area contributed by atoms with Gasteiger partial charge in [0, 0.05) is 48.6 Å². The van der Waals surface area contributed by atoms with Gasteiger partial charge in [-0.1, -0.05) is 17.7 Å². The number of nitrogens with zero attached hydrogens (tertiary/aromatic N) is 5. The Bertz CT molecular complexity index is 1410. The van der Waals surface area contributed by atoms with Crippen LogP contribution in [0.2, 0.25) is 5.02 Å². The molecule has 11 heteroatoms. The fourth-order valence-corrected chi connectivity index (χ4v) is 5.01. The van der Waals surface area contributed by atoms with Crippen LogP contribution in [0.15, 0.2) is 47.4 Å². The molecule has 1 fully saturated rings. The molecule has 2 aliphatic rings. The third-order valence-electron chi connectivity index (χ3n) is 6.42. The third-order valence-corrected chi connectivity index (χ3v) is 6.73. The minimum Gasteiger partial charge on any atom is -0.311 e. The maximum absolute atomic E-state index is 14.1. The van der Waals surface area contributed by atoms with Gasteiger partial charge in [-0.05, 0) is 59.5 Å². The van der Waals surface area contributed by atoms with Crippen LogP contribution in [0.1, 0.15) is 43.1 Å². The standard InChI is InChI=1S/C13H9ClN4O2.C11H12F2N2/c1-7(19)16-13-5-10(14)9(6-15-13)8-2-3-11-12(4-8)18-20-17-11;1-15-7-2-3-8(15)10(12)9-6(7)4-5-14-11(9)13/h2-6H,1H3,(H,15,16,19);4-5,7-8,10H,2-3H2,1H3/t;7-,8+,10?/m.0/s1. The van der Waals surface area contributed by atoms with Crippen molar-refractivity contribution in [2.24, 2.45) is 0 Å². The van der Waals surface area contributed by atoms with E-state index in [1.165, 1.54) is 13.1 Å². The van der Waals surface area contributed by atoms with Gasteiger partial charge in [0.1, 0.15) is 23.0 Å². The van der Waals surface area contributed by atoms with Crippen LogP contribution >= 0.6 is 11.6 Å². The van der Waals surface area contributed by atoms with Crippen molar-refractivity contribution >= 4 is 34.4 Å². The molecule has 3 atom stereocenters. The average molecular weight is 499 g/mol. The molecular weight excluding hydrogens is 478 g/mol. The lowest BCUT2D eigenvalue weighted by atomic mass is 9.94. The number of carbonyl (C=O) groups excluding carboxylic acids is 1. The fraction of sp³-hybridized carbons (Fsp3) is 0.292. The molecule has 3 aromatic heterocycles. The second-order valence-corrected chi connectivity index (χ2v) is 8.94. The first-order valence-corrected chi connectivity index (χ1v) is 11.4. The quantitative estimate of drug-likeness (QED) is 0.376. The molecule has 0 radical (unpaired) electrons. The predicted molar refractivity (Wildman–Crippen MR) is 126 cm³/mol. The number of halogens is 3. The van der Waals surface area contributed by atoms with Crippen molar-refractivity contribution in [1.29, 1.82) is 0 Å². The minimum absolute atomic E-state index is 0.166. The summed E-state index contributed by atoms with van der Waals surface area (Å²) in [6, 6.07) is 8.81. The van der Waals surface area contributed by atoms with E-state index in [0.29, 0.717) is 21.9 Å². The minimum atomic E-state index is -1.22.